The van der Waals surface area contributed by atoms with Crippen molar-refractivity contribution in [2.75, 3.05) is 0 Å². The molecular weight excluding hydrogens is 190 g/mol. The van der Waals surface area contributed by atoms with E-state index in [0.717, 1.165) is 17.3 Å². The second kappa shape index (κ2) is 4.05. The van der Waals surface area contributed by atoms with Gasteiger partial charge in [-0.2, -0.15) is 0 Å². The molecule has 0 atom stereocenters. The van der Waals surface area contributed by atoms with Crippen LogP contribution < -0.4 is 0 Å². The summed E-state index contributed by atoms with van der Waals surface area (Å²) in [5.41, 5.74) is 1.69. The maximum absolute atomic E-state index is 10.0. The van der Waals surface area contributed by atoms with Gasteiger partial charge >= 0.3 is 0 Å². The molecule has 3 nitrogen and oxygen atoms in total. The summed E-state index contributed by atoms with van der Waals surface area (Å²) < 4.78 is 0. The molecule has 4 heteroatoms. The van der Waals surface area contributed by atoms with E-state index in [2.05, 4.69) is 0 Å². The molecule has 1 aromatic carbocycles. The van der Waals surface area contributed by atoms with Gasteiger partial charge in [0, 0.05) is 11.1 Å². The van der Waals surface area contributed by atoms with Gasteiger partial charge in [-0.05, 0) is 24.1 Å². The molecule has 0 unspecified atom stereocenters. The lowest BCUT2D eigenvalue weighted by Crippen LogP contribution is -1.83. The summed E-state index contributed by atoms with van der Waals surface area (Å²) in [7, 11) is 0. The number of benzene rings is 1. The molecule has 0 aromatic heterocycles. The molecule has 0 spiro atoms. The second-order valence-corrected chi connectivity index (χ2v) is 3.02. The van der Waals surface area contributed by atoms with Crippen molar-refractivity contribution < 1.29 is 4.92 Å². The Hall–Kier alpha value is -1.35. The van der Waals surface area contributed by atoms with Crippen LogP contribution in [0.25, 0.3) is 6.08 Å². The van der Waals surface area contributed by atoms with Crippen molar-refractivity contribution in [3.63, 3.8) is 0 Å². The number of rotatable bonds is 2. The molecule has 0 heterocycles. The quantitative estimate of drug-likeness (QED) is 0.541. The molecule has 0 aliphatic rings. The van der Waals surface area contributed by atoms with Gasteiger partial charge in [-0.1, -0.05) is 23.7 Å². The molecule has 0 aliphatic carbocycles. The minimum Gasteiger partial charge on any atom is -0.259 e. The lowest BCUT2D eigenvalue weighted by molar-refractivity contribution is -0.400. The highest BCUT2D eigenvalue weighted by Crippen LogP contribution is 2.17. The SMILES string of the molecule is Cc1ccc(C=C[N+](=O)[O-])cc1Cl. The number of hydrogen-bond acceptors (Lipinski definition) is 2. The first kappa shape index (κ1) is 9.74. The van der Waals surface area contributed by atoms with Crippen molar-refractivity contribution in [2.45, 2.75) is 6.92 Å². The fraction of sp³-hybridized carbons (Fsp3) is 0.111. The van der Waals surface area contributed by atoms with E-state index in [4.69, 9.17) is 11.6 Å². The Morgan fingerprint density at radius 3 is 2.77 bits per heavy atom. The summed E-state index contributed by atoms with van der Waals surface area (Å²) in [6.07, 6.45) is 2.30. The van der Waals surface area contributed by atoms with Crippen LogP contribution in [0.15, 0.2) is 24.4 Å². The van der Waals surface area contributed by atoms with Crippen molar-refractivity contribution in [1.82, 2.24) is 0 Å². The average Bonchev–Trinajstić information content (AvgIpc) is 2.07. The van der Waals surface area contributed by atoms with Crippen molar-refractivity contribution in [1.29, 1.82) is 0 Å². The first-order chi connectivity index (χ1) is 6.09. The molecule has 1 rings (SSSR count). The summed E-state index contributed by atoms with van der Waals surface area (Å²) >= 11 is 5.83. The molecule has 0 saturated carbocycles. The molecule has 1 aromatic rings. The minimum atomic E-state index is -0.506. The molecule has 0 aliphatic heterocycles. The van der Waals surface area contributed by atoms with E-state index < -0.39 is 4.92 Å². The fourth-order valence-electron chi connectivity index (χ4n) is 0.860. The van der Waals surface area contributed by atoms with Crippen LogP contribution in [0.3, 0.4) is 0 Å². The topological polar surface area (TPSA) is 43.1 Å². The van der Waals surface area contributed by atoms with Crippen LogP contribution in [0.4, 0.5) is 0 Å². The average molecular weight is 198 g/mol. The Morgan fingerprint density at radius 2 is 2.23 bits per heavy atom. The third-order valence-corrected chi connectivity index (χ3v) is 1.99. The van der Waals surface area contributed by atoms with Gasteiger partial charge < -0.3 is 0 Å². The molecule has 0 amide bonds. The van der Waals surface area contributed by atoms with Crippen LogP contribution in [0.1, 0.15) is 11.1 Å². The van der Waals surface area contributed by atoms with E-state index in [9.17, 15) is 10.1 Å². The summed E-state index contributed by atoms with van der Waals surface area (Å²) in [4.78, 5) is 9.50. The summed E-state index contributed by atoms with van der Waals surface area (Å²) in [6.45, 7) is 1.88. The maximum Gasteiger partial charge on any atom is 0.235 e. The van der Waals surface area contributed by atoms with Crippen LogP contribution in [0.5, 0.6) is 0 Å². The molecule has 68 valence electrons. The van der Waals surface area contributed by atoms with E-state index in [-0.39, 0.29) is 0 Å². The van der Waals surface area contributed by atoms with Crippen molar-refractivity contribution in [3.8, 4) is 0 Å². The molecular formula is C9H8ClNO2. The van der Waals surface area contributed by atoms with Gasteiger partial charge in [0.15, 0.2) is 0 Å². The highest BCUT2D eigenvalue weighted by Gasteiger charge is 1.95. The monoisotopic (exact) mass is 197 g/mol. The van der Waals surface area contributed by atoms with Crippen LogP contribution in [-0.4, -0.2) is 4.92 Å². The zero-order valence-corrected chi connectivity index (χ0v) is 7.78. The van der Waals surface area contributed by atoms with E-state index >= 15 is 0 Å². The van der Waals surface area contributed by atoms with Gasteiger partial charge in [-0.3, -0.25) is 10.1 Å². The number of aryl methyl sites for hydroxylation is 1. The minimum absolute atomic E-state index is 0.506. The Balaban J connectivity index is 2.92. The van der Waals surface area contributed by atoms with Crippen molar-refractivity contribution in [3.05, 3.63) is 50.7 Å². The van der Waals surface area contributed by atoms with Gasteiger partial charge in [0.1, 0.15) is 0 Å². The van der Waals surface area contributed by atoms with Gasteiger partial charge in [-0.15, -0.1) is 0 Å². The zero-order chi connectivity index (χ0) is 9.84. The molecule has 0 radical (unpaired) electrons. The standard InChI is InChI=1S/C9H8ClNO2/c1-7-2-3-8(6-9(7)10)4-5-11(12)13/h2-6H,1H3. The molecule has 0 bridgehead atoms. The highest BCUT2D eigenvalue weighted by atomic mass is 35.5. The first-order valence-corrected chi connectivity index (χ1v) is 4.05. The Morgan fingerprint density at radius 1 is 1.54 bits per heavy atom. The van der Waals surface area contributed by atoms with Crippen LogP contribution in [0.2, 0.25) is 5.02 Å². The van der Waals surface area contributed by atoms with Crippen molar-refractivity contribution >= 4 is 17.7 Å². The summed E-state index contributed by atoms with van der Waals surface area (Å²) in [5, 5.41) is 10.6. The lowest BCUT2D eigenvalue weighted by atomic mass is 10.1. The van der Waals surface area contributed by atoms with Gasteiger partial charge in [-0.25, -0.2) is 0 Å². The Labute approximate surface area is 80.8 Å². The summed E-state index contributed by atoms with van der Waals surface area (Å²) in [5.74, 6) is 0. The smallest absolute Gasteiger partial charge is 0.235 e. The normalized spacial score (nSPS) is 10.6. The Bertz CT molecular complexity index is 361. The van der Waals surface area contributed by atoms with Gasteiger partial charge in [0.05, 0.1) is 4.92 Å². The molecule has 13 heavy (non-hydrogen) atoms. The zero-order valence-electron chi connectivity index (χ0n) is 7.03. The van der Waals surface area contributed by atoms with Gasteiger partial charge in [0.2, 0.25) is 6.20 Å². The van der Waals surface area contributed by atoms with E-state index in [0.29, 0.717) is 5.02 Å². The number of halogens is 1. The third kappa shape index (κ3) is 2.87. The number of hydrogen-bond donors (Lipinski definition) is 0. The predicted molar refractivity (Wildman–Crippen MR) is 52.2 cm³/mol. The molecule has 0 N–H and O–H groups in total. The fourth-order valence-corrected chi connectivity index (χ4v) is 1.05. The molecule has 0 fully saturated rings. The maximum atomic E-state index is 10.0. The predicted octanol–water partition coefficient (Wildman–Crippen LogP) is 2.90. The number of nitro groups is 1. The van der Waals surface area contributed by atoms with Crippen LogP contribution >= 0.6 is 11.6 Å². The summed E-state index contributed by atoms with van der Waals surface area (Å²) in [6, 6.07) is 5.29. The van der Waals surface area contributed by atoms with Crippen LogP contribution in [-0.2, 0) is 0 Å². The van der Waals surface area contributed by atoms with Crippen LogP contribution in [0, 0.1) is 17.0 Å². The van der Waals surface area contributed by atoms with Crippen molar-refractivity contribution in [2.24, 2.45) is 0 Å². The first-order valence-electron chi connectivity index (χ1n) is 3.67. The second-order valence-electron chi connectivity index (χ2n) is 2.61. The number of nitrogens with zero attached hydrogens (tertiary/aromatic N) is 1. The van der Waals surface area contributed by atoms with E-state index in [1.165, 1.54) is 6.08 Å². The Kier molecular flexibility index (Phi) is 3.03. The van der Waals surface area contributed by atoms with E-state index in [1.807, 2.05) is 13.0 Å². The van der Waals surface area contributed by atoms with Gasteiger partial charge in [0.25, 0.3) is 0 Å². The molecule has 0 saturated heterocycles. The lowest BCUT2D eigenvalue weighted by Gasteiger charge is -1.97. The van der Waals surface area contributed by atoms with E-state index in [1.54, 1.807) is 12.1 Å². The largest absolute Gasteiger partial charge is 0.259 e. The highest BCUT2D eigenvalue weighted by molar-refractivity contribution is 6.31. The third-order valence-electron chi connectivity index (χ3n) is 1.58.